The first-order chi connectivity index (χ1) is 14.1. The number of carbonyl (C=O) groups excluding carboxylic acids is 1. The average Bonchev–Trinajstić information content (AvgIpc) is 3.21. The molecule has 1 amide bonds. The van der Waals surface area contributed by atoms with Crippen molar-refractivity contribution in [3.8, 4) is 11.4 Å². The van der Waals surface area contributed by atoms with Crippen molar-refractivity contribution in [1.29, 1.82) is 0 Å². The summed E-state index contributed by atoms with van der Waals surface area (Å²) in [7, 11) is 5.68. The summed E-state index contributed by atoms with van der Waals surface area (Å²) in [6.45, 7) is 0.556. The third kappa shape index (κ3) is 5.62. The van der Waals surface area contributed by atoms with Crippen LogP contribution < -0.4 is 10.1 Å². The summed E-state index contributed by atoms with van der Waals surface area (Å²) >= 11 is 1.41. The molecule has 0 saturated heterocycles. The number of ether oxygens (including phenoxy) is 1. The van der Waals surface area contributed by atoms with E-state index in [9.17, 15) is 4.79 Å². The van der Waals surface area contributed by atoms with Gasteiger partial charge in [0.2, 0.25) is 5.91 Å². The van der Waals surface area contributed by atoms with Crippen LogP contribution in [0.4, 0.5) is 0 Å². The summed E-state index contributed by atoms with van der Waals surface area (Å²) in [5.74, 6) is 1.06. The largest absolute Gasteiger partial charge is 0.497 e. The first-order valence-electron chi connectivity index (χ1n) is 9.37. The van der Waals surface area contributed by atoms with E-state index in [0.717, 1.165) is 16.6 Å². The molecule has 0 fully saturated rings. The van der Waals surface area contributed by atoms with Gasteiger partial charge in [0.25, 0.3) is 0 Å². The molecule has 1 atom stereocenters. The van der Waals surface area contributed by atoms with E-state index in [1.54, 1.807) is 13.3 Å². The second-order valence-electron chi connectivity index (χ2n) is 6.76. The number of rotatable bonds is 9. The Kier molecular flexibility index (Phi) is 7.32. The van der Waals surface area contributed by atoms with Crippen LogP contribution in [-0.4, -0.2) is 53.9 Å². The van der Waals surface area contributed by atoms with E-state index in [2.05, 4.69) is 27.3 Å². The molecule has 3 rings (SSSR count). The zero-order valence-electron chi connectivity index (χ0n) is 16.9. The van der Waals surface area contributed by atoms with Gasteiger partial charge in [-0.2, -0.15) is 0 Å². The van der Waals surface area contributed by atoms with Gasteiger partial charge in [0.1, 0.15) is 5.75 Å². The fourth-order valence-corrected chi connectivity index (χ4v) is 3.82. The molecule has 1 aromatic heterocycles. The smallest absolute Gasteiger partial charge is 0.230 e. The molecule has 3 aromatic rings. The number of hydrogen-bond donors (Lipinski definition) is 1. The zero-order valence-corrected chi connectivity index (χ0v) is 17.7. The summed E-state index contributed by atoms with van der Waals surface area (Å²) in [6, 6.07) is 18.1. The van der Waals surface area contributed by atoms with Gasteiger partial charge in [-0.3, -0.25) is 9.36 Å². The maximum Gasteiger partial charge on any atom is 0.230 e. The Bertz CT molecular complexity index is 927. The van der Waals surface area contributed by atoms with Gasteiger partial charge in [-0.05, 0) is 31.8 Å². The minimum absolute atomic E-state index is 0.0158. The fraction of sp³-hybridized carbons (Fsp3) is 0.273. The van der Waals surface area contributed by atoms with E-state index < -0.39 is 0 Å². The average molecular weight is 411 g/mol. The summed E-state index contributed by atoms with van der Waals surface area (Å²) in [5, 5.41) is 3.81. The van der Waals surface area contributed by atoms with Gasteiger partial charge in [0.05, 0.1) is 24.6 Å². The molecule has 2 aromatic carbocycles. The monoisotopic (exact) mass is 410 g/mol. The second kappa shape index (κ2) is 10.1. The molecule has 6 nitrogen and oxygen atoms in total. The van der Waals surface area contributed by atoms with Crippen LogP contribution in [-0.2, 0) is 4.79 Å². The lowest BCUT2D eigenvalue weighted by Crippen LogP contribution is -2.35. The van der Waals surface area contributed by atoms with Crippen LogP contribution in [0, 0.1) is 0 Å². The number of nitrogens with zero attached hydrogens (tertiary/aromatic N) is 3. The van der Waals surface area contributed by atoms with Crippen molar-refractivity contribution in [3.05, 3.63) is 72.6 Å². The van der Waals surface area contributed by atoms with E-state index in [4.69, 9.17) is 4.74 Å². The summed E-state index contributed by atoms with van der Waals surface area (Å²) in [4.78, 5) is 18.9. The van der Waals surface area contributed by atoms with Gasteiger partial charge in [-0.25, -0.2) is 4.98 Å². The quantitative estimate of drug-likeness (QED) is 0.548. The third-order valence-corrected chi connectivity index (χ3v) is 5.54. The molecule has 0 aliphatic rings. The van der Waals surface area contributed by atoms with Crippen LogP contribution in [0.15, 0.2) is 72.1 Å². The highest BCUT2D eigenvalue weighted by Gasteiger charge is 2.16. The Morgan fingerprint density at radius 3 is 2.72 bits per heavy atom. The third-order valence-electron chi connectivity index (χ3n) is 4.57. The van der Waals surface area contributed by atoms with Gasteiger partial charge in [-0.15, -0.1) is 0 Å². The van der Waals surface area contributed by atoms with Crippen LogP contribution in [0.2, 0.25) is 0 Å². The van der Waals surface area contributed by atoms with Crippen LogP contribution in [0.3, 0.4) is 0 Å². The lowest BCUT2D eigenvalue weighted by Gasteiger charge is -2.25. The predicted octanol–water partition coefficient (Wildman–Crippen LogP) is 3.39. The molecular formula is C22H26N4O2S. The van der Waals surface area contributed by atoms with E-state index in [0.29, 0.717) is 12.3 Å². The number of carbonyl (C=O) groups is 1. The molecule has 0 bridgehead atoms. The number of likely N-dealkylation sites (N-methyl/N-ethyl adjacent to an activating group) is 1. The Morgan fingerprint density at radius 1 is 1.21 bits per heavy atom. The summed E-state index contributed by atoms with van der Waals surface area (Å²) in [6.07, 6.45) is 3.61. The van der Waals surface area contributed by atoms with E-state index in [1.807, 2.05) is 67.3 Å². The maximum atomic E-state index is 12.4. The Hall–Kier alpha value is -2.77. The van der Waals surface area contributed by atoms with E-state index in [-0.39, 0.29) is 11.9 Å². The maximum absolute atomic E-state index is 12.4. The van der Waals surface area contributed by atoms with Crippen molar-refractivity contribution in [3.63, 3.8) is 0 Å². The minimum Gasteiger partial charge on any atom is -0.497 e. The zero-order chi connectivity index (χ0) is 20.6. The van der Waals surface area contributed by atoms with Crippen LogP contribution in [0.1, 0.15) is 11.6 Å². The highest BCUT2D eigenvalue weighted by molar-refractivity contribution is 7.99. The summed E-state index contributed by atoms with van der Waals surface area (Å²) in [5.41, 5.74) is 2.13. The van der Waals surface area contributed by atoms with Crippen LogP contribution in [0.25, 0.3) is 5.69 Å². The minimum atomic E-state index is -0.0158. The number of benzene rings is 2. The Balaban J connectivity index is 1.58. The van der Waals surface area contributed by atoms with Gasteiger partial charge in [0.15, 0.2) is 5.16 Å². The van der Waals surface area contributed by atoms with Gasteiger partial charge in [-0.1, -0.05) is 48.2 Å². The van der Waals surface area contributed by atoms with Gasteiger partial charge >= 0.3 is 0 Å². The number of aromatic nitrogens is 2. The molecular weight excluding hydrogens is 384 g/mol. The number of thioether (sulfide) groups is 1. The van der Waals surface area contributed by atoms with Crippen molar-refractivity contribution in [1.82, 2.24) is 19.8 Å². The molecule has 0 saturated carbocycles. The van der Waals surface area contributed by atoms with Crippen molar-refractivity contribution in [2.45, 2.75) is 11.2 Å². The lowest BCUT2D eigenvalue weighted by molar-refractivity contribution is -0.118. The summed E-state index contributed by atoms with van der Waals surface area (Å²) < 4.78 is 7.24. The Morgan fingerprint density at radius 2 is 2.00 bits per heavy atom. The van der Waals surface area contributed by atoms with Crippen LogP contribution >= 0.6 is 11.8 Å². The SMILES string of the molecule is COc1cccc(-n2ccnc2SCC(=O)NC[C@@H](c2ccccc2)N(C)C)c1. The van der Waals surface area contributed by atoms with Crippen molar-refractivity contribution >= 4 is 17.7 Å². The van der Waals surface area contributed by atoms with E-state index >= 15 is 0 Å². The Labute approximate surface area is 175 Å². The van der Waals surface area contributed by atoms with Crippen molar-refractivity contribution < 1.29 is 9.53 Å². The van der Waals surface area contributed by atoms with Gasteiger partial charge in [0, 0.05) is 25.0 Å². The number of hydrogen-bond acceptors (Lipinski definition) is 5. The predicted molar refractivity (Wildman–Crippen MR) is 117 cm³/mol. The highest BCUT2D eigenvalue weighted by Crippen LogP contribution is 2.23. The second-order valence-corrected chi connectivity index (χ2v) is 7.71. The fourth-order valence-electron chi connectivity index (χ4n) is 3.02. The van der Waals surface area contributed by atoms with Crippen molar-refractivity contribution in [2.75, 3.05) is 33.5 Å². The topological polar surface area (TPSA) is 59.4 Å². The molecule has 0 aliphatic carbocycles. The first kappa shape index (κ1) is 21.0. The molecule has 0 radical (unpaired) electrons. The number of amides is 1. The number of nitrogens with one attached hydrogen (secondary N) is 1. The molecule has 0 unspecified atom stereocenters. The van der Waals surface area contributed by atoms with Gasteiger partial charge < -0.3 is 15.0 Å². The molecule has 152 valence electrons. The van der Waals surface area contributed by atoms with Crippen molar-refractivity contribution in [2.24, 2.45) is 0 Å². The van der Waals surface area contributed by atoms with E-state index in [1.165, 1.54) is 17.3 Å². The number of imidazole rings is 1. The molecule has 1 N–H and O–H groups in total. The molecule has 7 heteroatoms. The number of methoxy groups -OCH3 is 1. The standard InChI is InChI=1S/C22H26N4O2S/c1-25(2)20(17-8-5-4-6-9-17)15-24-21(27)16-29-22-23-12-13-26(22)18-10-7-11-19(14-18)28-3/h4-14,20H,15-16H2,1-3H3,(H,24,27)/t20-/m0/s1. The first-order valence-corrected chi connectivity index (χ1v) is 10.4. The molecule has 29 heavy (non-hydrogen) atoms. The molecule has 0 spiro atoms. The lowest BCUT2D eigenvalue weighted by atomic mass is 10.1. The molecule has 0 aliphatic heterocycles. The highest BCUT2D eigenvalue weighted by atomic mass is 32.2. The molecule has 1 heterocycles. The normalized spacial score (nSPS) is 12.0. The van der Waals surface area contributed by atoms with Crippen LogP contribution in [0.5, 0.6) is 5.75 Å².